The van der Waals surface area contributed by atoms with Crippen molar-refractivity contribution in [3.8, 4) is 0 Å². The van der Waals surface area contributed by atoms with Crippen molar-refractivity contribution in [2.24, 2.45) is 0 Å². The third-order valence-electron chi connectivity index (χ3n) is 4.54. The number of pyridine rings is 1. The number of aromatic nitrogens is 2. The molecular weight excluding hydrogens is 286 g/mol. The zero-order valence-corrected chi connectivity index (χ0v) is 13.1. The number of rotatable bonds is 4. The second kappa shape index (κ2) is 5.54. The number of nitrogens with one attached hydrogen (secondary N) is 2. The molecule has 0 spiro atoms. The Morgan fingerprint density at radius 2 is 2.17 bits per heavy atom. The van der Waals surface area contributed by atoms with Gasteiger partial charge in [-0.15, -0.1) is 0 Å². The van der Waals surface area contributed by atoms with Gasteiger partial charge in [0, 0.05) is 30.0 Å². The fourth-order valence-corrected chi connectivity index (χ4v) is 2.98. The van der Waals surface area contributed by atoms with E-state index in [4.69, 9.17) is 0 Å². The number of benzene rings is 1. The van der Waals surface area contributed by atoms with E-state index < -0.39 is 0 Å². The molecule has 1 fully saturated rings. The van der Waals surface area contributed by atoms with Gasteiger partial charge in [0.1, 0.15) is 5.69 Å². The number of carbonyl (C=O) groups is 1. The van der Waals surface area contributed by atoms with E-state index in [-0.39, 0.29) is 5.91 Å². The van der Waals surface area contributed by atoms with Crippen LogP contribution in [0.1, 0.15) is 40.0 Å². The first-order chi connectivity index (χ1) is 11.2. The van der Waals surface area contributed by atoms with Gasteiger partial charge in [0.15, 0.2) is 0 Å². The number of fused-ring (bicyclic) bond motifs is 1. The number of amides is 1. The Bertz CT molecular complexity index is 872. The van der Waals surface area contributed by atoms with Gasteiger partial charge in [0.2, 0.25) is 0 Å². The molecule has 0 atom stereocenters. The smallest absolute Gasteiger partial charge is 0.268 e. The minimum atomic E-state index is 0.0100. The number of carbonyl (C=O) groups excluding carboxylic acids is 1. The molecule has 0 unspecified atom stereocenters. The quantitative estimate of drug-likeness (QED) is 0.776. The molecule has 1 aliphatic rings. The molecule has 0 bridgehead atoms. The molecule has 116 valence electrons. The van der Waals surface area contributed by atoms with Crippen molar-refractivity contribution < 1.29 is 4.79 Å². The van der Waals surface area contributed by atoms with Crippen molar-refractivity contribution in [1.82, 2.24) is 15.3 Å². The van der Waals surface area contributed by atoms with E-state index in [1.807, 2.05) is 31.6 Å². The van der Waals surface area contributed by atoms with Crippen LogP contribution in [-0.2, 0) is 6.42 Å². The zero-order valence-electron chi connectivity index (χ0n) is 13.1. The summed E-state index contributed by atoms with van der Waals surface area (Å²) in [4.78, 5) is 19.6. The Balaban J connectivity index is 1.63. The maximum absolute atomic E-state index is 12.2. The van der Waals surface area contributed by atoms with E-state index in [0.717, 1.165) is 30.4 Å². The summed E-state index contributed by atoms with van der Waals surface area (Å²) in [5, 5.41) is 5.40. The average Bonchev–Trinajstić information content (AvgIpc) is 3.30. The van der Waals surface area contributed by atoms with Gasteiger partial charge in [-0.25, -0.2) is 0 Å². The molecule has 1 amide bonds. The SMILES string of the molecule is Cc1c(Cc2cccc3ccncc23)c[nH]c1C(=O)NC1CC1. The van der Waals surface area contributed by atoms with Gasteiger partial charge in [-0.1, -0.05) is 18.2 Å². The highest BCUT2D eigenvalue weighted by molar-refractivity contribution is 5.94. The second-order valence-electron chi connectivity index (χ2n) is 6.25. The standard InChI is InChI=1S/C19H19N3O/c1-12-15(10-21-18(12)19(23)22-16-5-6-16)9-14-4-2-3-13-7-8-20-11-17(13)14/h2-4,7-8,10-11,16,21H,5-6,9H2,1H3,(H,22,23). The molecule has 3 aromatic rings. The van der Waals surface area contributed by atoms with Crippen LogP contribution in [0.3, 0.4) is 0 Å². The molecule has 4 heteroatoms. The van der Waals surface area contributed by atoms with E-state index in [9.17, 15) is 4.79 Å². The third-order valence-corrected chi connectivity index (χ3v) is 4.54. The lowest BCUT2D eigenvalue weighted by atomic mass is 9.99. The lowest BCUT2D eigenvalue weighted by Gasteiger charge is -2.07. The Kier molecular flexibility index (Phi) is 3.37. The molecule has 2 aromatic heterocycles. The summed E-state index contributed by atoms with van der Waals surface area (Å²) in [7, 11) is 0. The van der Waals surface area contributed by atoms with Gasteiger partial charge in [-0.3, -0.25) is 9.78 Å². The van der Waals surface area contributed by atoms with Crippen LogP contribution in [0.15, 0.2) is 42.9 Å². The first-order valence-electron chi connectivity index (χ1n) is 8.01. The molecular formula is C19H19N3O. The Morgan fingerprint density at radius 1 is 1.30 bits per heavy atom. The second-order valence-corrected chi connectivity index (χ2v) is 6.25. The summed E-state index contributed by atoms with van der Waals surface area (Å²) in [5.41, 5.74) is 4.10. The first kappa shape index (κ1) is 14.0. The molecule has 23 heavy (non-hydrogen) atoms. The van der Waals surface area contributed by atoms with E-state index in [1.54, 1.807) is 0 Å². The van der Waals surface area contributed by atoms with Crippen LogP contribution in [0.4, 0.5) is 0 Å². The lowest BCUT2D eigenvalue weighted by molar-refractivity contribution is 0.0946. The van der Waals surface area contributed by atoms with Crippen molar-refractivity contribution in [2.45, 2.75) is 32.2 Å². The number of nitrogens with zero attached hydrogens (tertiary/aromatic N) is 1. The summed E-state index contributed by atoms with van der Waals surface area (Å²) in [6, 6.07) is 8.69. The van der Waals surface area contributed by atoms with Gasteiger partial charge in [0.05, 0.1) is 0 Å². The normalized spacial score (nSPS) is 14.1. The minimum Gasteiger partial charge on any atom is -0.357 e. The van der Waals surface area contributed by atoms with E-state index in [0.29, 0.717) is 11.7 Å². The van der Waals surface area contributed by atoms with Crippen molar-refractivity contribution in [3.63, 3.8) is 0 Å². The average molecular weight is 305 g/mol. The molecule has 2 heterocycles. The van der Waals surface area contributed by atoms with Crippen molar-refractivity contribution >= 4 is 16.7 Å². The molecule has 0 aliphatic heterocycles. The number of H-pyrrole nitrogens is 1. The molecule has 1 aromatic carbocycles. The van der Waals surface area contributed by atoms with Gasteiger partial charge in [-0.05, 0) is 54.3 Å². The number of hydrogen-bond acceptors (Lipinski definition) is 2. The van der Waals surface area contributed by atoms with E-state index >= 15 is 0 Å². The van der Waals surface area contributed by atoms with Crippen LogP contribution in [0, 0.1) is 6.92 Å². The van der Waals surface area contributed by atoms with Crippen molar-refractivity contribution in [1.29, 1.82) is 0 Å². The van der Waals surface area contributed by atoms with Crippen molar-refractivity contribution in [3.05, 3.63) is 65.2 Å². The highest BCUT2D eigenvalue weighted by Crippen LogP contribution is 2.24. The largest absolute Gasteiger partial charge is 0.357 e. The lowest BCUT2D eigenvalue weighted by Crippen LogP contribution is -2.26. The zero-order chi connectivity index (χ0) is 15.8. The van der Waals surface area contributed by atoms with Gasteiger partial charge in [0.25, 0.3) is 5.91 Å². The summed E-state index contributed by atoms with van der Waals surface area (Å²) < 4.78 is 0. The number of hydrogen-bond donors (Lipinski definition) is 2. The fraction of sp³-hybridized carbons (Fsp3) is 0.263. The van der Waals surface area contributed by atoms with E-state index in [1.165, 1.54) is 16.3 Å². The van der Waals surface area contributed by atoms with E-state index in [2.05, 4.69) is 33.5 Å². The van der Waals surface area contributed by atoms with Gasteiger partial charge >= 0.3 is 0 Å². The Morgan fingerprint density at radius 3 is 3.00 bits per heavy atom. The summed E-state index contributed by atoms with van der Waals surface area (Å²) >= 11 is 0. The third kappa shape index (κ3) is 2.72. The molecule has 1 saturated carbocycles. The number of aromatic amines is 1. The molecule has 0 radical (unpaired) electrons. The molecule has 4 nitrogen and oxygen atoms in total. The summed E-state index contributed by atoms with van der Waals surface area (Å²) in [5.74, 6) is 0.0100. The minimum absolute atomic E-state index is 0.0100. The van der Waals surface area contributed by atoms with Gasteiger partial charge < -0.3 is 10.3 Å². The monoisotopic (exact) mass is 305 g/mol. The maximum Gasteiger partial charge on any atom is 0.268 e. The molecule has 2 N–H and O–H groups in total. The Hall–Kier alpha value is -2.62. The van der Waals surface area contributed by atoms with Crippen LogP contribution in [-0.4, -0.2) is 21.9 Å². The molecule has 0 saturated heterocycles. The maximum atomic E-state index is 12.2. The highest BCUT2D eigenvalue weighted by Gasteiger charge is 2.25. The summed E-state index contributed by atoms with van der Waals surface area (Å²) in [6.07, 6.45) is 8.67. The van der Waals surface area contributed by atoms with Crippen LogP contribution < -0.4 is 5.32 Å². The fourth-order valence-electron chi connectivity index (χ4n) is 2.98. The first-order valence-corrected chi connectivity index (χ1v) is 8.01. The summed E-state index contributed by atoms with van der Waals surface area (Å²) in [6.45, 7) is 2.01. The van der Waals surface area contributed by atoms with Crippen LogP contribution in [0.5, 0.6) is 0 Å². The highest BCUT2D eigenvalue weighted by atomic mass is 16.2. The molecule has 1 aliphatic carbocycles. The topological polar surface area (TPSA) is 57.8 Å². The van der Waals surface area contributed by atoms with Crippen LogP contribution in [0.25, 0.3) is 10.8 Å². The predicted octanol–water partition coefficient (Wildman–Crippen LogP) is 3.35. The van der Waals surface area contributed by atoms with Crippen LogP contribution in [0.2, 0.25) is 0 Å². The molecule has 4 rings (SSSR count). The van der Waals surface area contributed by atoms with Gasteiger partial charge in [-0.2, -0.15) is 0 Å². The predicted molar refractivity (Wildman–Crippen MR) is 90.6 cm³/mol. The van der Waals surface area contributed by atoms with Crippen LogP contribution >= 0.6 is 0 Å². The van der Waals surface area contributed by atoms with Crippen molar-refractivity contribution in [2.75, 3.05) is 0 Å². The Labute approximate surface area is 134 Å².